The molecule has 0 saturated heterocycles. The highest BCUT2D eigenvalue weighted by Crippen LogP contribution is 2.28. The maximum atomic E-state index is 12.3. The number of amides is 2. The quantitative estimate of drug-likeness (QED) is 0.349. The summed E-state index contributed by atoms with van der Waals surface area (Å²) in [6, 6.07) is 7.81. The Morgan fingerprint density at radius 3 is 2.66 bits per heavy atom. The highest BCUT2D eigenvalue weighted by Gasteiger charge is 2.29. The van der Waals surface area contributed by atoms with E-state index in [0.717, 1.165) is 47.1 Å². The van der Waals surface area contributed by atoms with Crippen LogP contribution in [0.1, 0.15) is 18.7 Å². The maximum absolute atomic E-state index is 12.3. The lowest BCUT2D eigenvalue weighted by Crippen LogP contribution is -2.53. The Kier molecular flexibility index (Phi) is 6.09. The smallest absolute Gasteiger partial charge is 0.332 e. The maximum Gasteiger partial charge on any atom is 0.332 e. The van der Waals surface area contributed by atoms with Crippen molar-refractivity contribution < 1.29 is 9.63 Å². The van der Waals surface area contributed by atoms with Gasteiger partial charge in [0, 0.05) is 18.5 Å². The average Bonchev–Trinajstić information content (AvgIpc) is 2.98. The Balaban J connectivity index is 1.67. The van der Waals surface area contributed by atoms with Crippen LogP contribution in [0.25, 0.3) is 21.9 Å². The number of hydrogen-bond acceptors (Lipinski definition) is 5. The number of fused-ring (bicyclic) bond motifs is 3. The van der Waals surface area contributed by atoms with E-state index >= 15 is 0 Å². The monoisotopic (exact) mass is 414 g/mol. The number of nitrogen functional groups attached to an aromatic ring is 1. The summed E-state index contributed by atoms with van der Waals surface area (Å²) in [5, 5.41) is 4.00. The Labute approximate surface area is 172 Å². The number of imidazole rings is 1. The highest BCUT2D eigenvalue weighted by atomic mass is 28.3. The van der Waals surface area contributed by atoms with Gasteiger partial charge in [-0.25, -0.2) is 19.5 Å². The molecule has 0 fully saturated rings. The van der Waals surface area contributed by atoms with Crippen LogP contribution in [-0.2, 0) is 11.4 Å². The minimum absolute atomic E-state index is 0.166. The molecule has 8 nitrogen and oxygen atoms in total. The third kappa shape index (κ3) is 4.35. The number of rotatable bonds is 7. The number of urea groups is 1. The Bertz CT molecular complexity index is 1030. The first-order chi connectivity index (χ1) is 13.7. The molecular weight excluding hydrogens is 384 g/mol. The lowest BCUT2D eigenvalue weighted by molar-refractivity contribution is -0.0215. The Hall–Kier alpha value is -2.65. The number of nitrogens with one attached hydrogen (secondary N) is 1. The van der Waals surface area contributed by atoms with E-state index in [9.17, 15) is 4.79 Å². The number of nitrogens with two attached hydrogens (primary N) is 1. The van der Waals surface area contributed by atoms with Crippen LogP contribution in [0.4, 0.5) is 10.6 Å². The van der Waals surface area contributed by atoms with Gasteiger partial charge in [-0.3, -0.25) is 4.84 Å². The van der Waals surface area contributed by atoms with Crippen LogP contribution in [0.3, 0.4) is 0 Å². The molecule has 1 aromatic carbocycles. The molecular formula is C20H30N6O2Si. The van der Waals surface area contributed by atoms with E-state index in [1.54, 1.807) is 0 Å². The minimum Gasteiger partial charge on any atom is -0.382 e. The number of carbonyl (C=O) groups excluding carboxylic acids is 1. The summed E-state index contributed by atoms with van der Waals surface area (Å²) in [4.78, 5) is 26.7. The molecule has 2 heterocycles. The van der Waals surface area contributed by atoms with Gasteiger partial charge in [0.25, 0.3) is 0 Å². The van der Waals surface area contributed by atoms with Crippen LogP contribution in [0.2, 0.25) is 19.6 Å². The number of para-hydroxylation sites is 1. The molecule has 0 aliphatic rings. The summed E-state index contributed by atoms with van der Waals surface area (Å²) in [7, 11) is -0.325. The number of nitrogens with zero attached hydrogens (tertiary/aromatic N) is 4. The molecule has 3 N–H and O–H groups in total. The molecule has 0 bridgehead atoms. The standard InChI is InChI=1S/C20H30N6O2Si/c1-14-23-17-18(15-10-6-7-11-16(15)24-19(17)21)25(14)13-9-8-12-22-20(27)26(28-2)29(3,4)5/h6-7,10-11H,8-9,12-13H2,1-5H3,(H2,21,24)(H,22,27). The average molecular weight is 415 g/mol. The van der Waals surface area contributed by atoms with Gasteiger partial charge in [0.05, 0.1) is 18.1 Å². The van der Waals surface area contributed by atoms with Crippen LogP contribution in [0, 0.1) is 6.92 Å². The van der Waals surface area contributed by atoms with Crippen molar-refractivity contribution >= 4 is 42.0 Å². The zero-order chi connectivity index (χ0) is 21.2. The van der Waals surface area contributed by atoms with E-state index in [1.165, 1.54) is 11.8 Å². The van der Waals surface area contributed by atoms with Crippen molar-refractivity contribution in [2.45, 2.75) is 46.0 Å². The number of aryl methyl sites for hydroxylation is 2. The summed E-state index contributed by atoms with van der Waals surface area (Å²) in [6.07, 6.45) is 1.76. The summed E-state index contributed by atoms with van der Waals surface area (Å²) in [5.74, 6) is 1.37. The summed E-state index contributed by atoms with van der Waals surface area (Å²) >= 11 is 0. The predicted molar refractivity (Wildman–Crippen MR) is 119 cm³/mol. The van der Waals surface area contributed by atoms with Gasteiger partial charge >= 0.3 is 6.03 Å². The minimum atomic E-state index is -1.86. The molecule has 0 spiro atoms. The highest BCUT2D eigenvalue weighted by molar-refractivity contribution is 6.75. The fourth-order valence-electron chi connectivity index (χ4n) is 3.57. The number of anilines is 1. The summed E-state index contributed by atoms with van der Waals surface area (Å²) in [5.41, 5.74) is 8.79. The van der Waals surface area contributed by atoms with Gasteiger partial charge in [0.15, 0.2) is 14.1 Å². The van der Waals surface area contributed by atoms with Crippen LogP contribution >= 0.6 is 0 Å². The molecule has 0 radical (unpaired) electrons. The van der Waals surface area contributed by atoms with Gasteiger partial charge in [0.2, 0.25) is 0 Å². The van der Waals surface area contributed by atoms with Crippen molar-refractivity contribution in [1.82, 2.24) is 24.6 Å². The van der Waals surface area contributed by atoms with E-state index in [4.69, 9.17) is 10.6 Å². The molecule has 9 heteroatoms. The van der Waals surface area contributed by atoms with Crippen LogP contribution in [0.5, 0.6) is 0 Å². The first-order valence-electron chi connectivity index (χ1n) is 9.87. The first-order valence-corrected chi connectivity index (χ1v) is 13.3. The van der Waals surface area contributed by atoms with Gasteiger partial charge in [-0.1, -0.05) is 18.2 Å². The van der Waals surface area contributed by atoms with Gasteiger partial charge < -0.3 is 15.6 Å². The molecule has 0 saturated carbocycles. The zero-order valence-electron chi connectivity index (χ0n) is 17.8. The molecule has 156 valence electrons. The molecule has 2 amide bonds. The van der Waals surface area contributed by atoms with Crippen molar-refractivity contribution in [3.63, 3.8) is 0 Å². The second-order valence-electron chi connectivity index (χ2n) is 8.11. The van der Waals surface area contributed by atoms with E-state index in [1.807, 2.05) is 25.1 Å². The van der Waals surface area contributed by atoms with E-state index in [0.29, 0.717) is 12.4 Å². The second-order valence-corrected chi connectivity index (χ2v) is 12.9. The third-order valence-electron chi connectivity index (χ3n) is 4.86. The van der Waals surface area contributed by atoms with Crippen molar-refractivity contribution in [3.05, 3.63) is 30.1 Å². The van der Waals surface area contributed by atoms with Gasteiger partial charge in [-0.05, 0) is 45.5 Å². The van der Waals surface area contributed by atoms with E-state index in [2.05, 4.69) is 45.6 Å². The van der Waals surface area contributed by atoms with Crippen LogP contribution in [0.15, 0.2) is 24.3 Å². The molecule has 0 unspecified atom stereocenters. The topological polar surface area (TPSA) is 98.3 Å². The first kappa shape index (κ1) is 21.1. The van der Waals surface area contributed by atoms with Crippen molar-refractivity contribution in [2.24, 2.45) is 0 Å². The zero-order valence-corrected chi connectivity index (χ0v) is 18.8. The lowest BCUT2D eigenvalue weighted by atomic mass is 10.2. The predicted octanol–water partition coefficient (Wildman–Crippen LogP) is 3.66. The summed E-state index contributed by atoms with van der Waals surface area (Å²) < 4.78 is 3.68. The SMILES string of the molecule is CON(C(=O)NCCCCn1c(C)nc2c(N)nc3ccccc3c21)[Si](C)(C)C. The number of benzene rings is 1. The fourth-order valence-corrected chi connectivity index (χ4v) is 4.80. The molecule has 0 atom stereocenters. The number of pyridine rings is 1. The number of aromatic nitrogens is 3. The van der Waals surface area contributed by atoms with Crippen molar-refractivity contribution in [1.29, 1.82) is 0 Å². The number of hydrogen-bond donors (Lipinski definition) is 2. The number of carbonyl (C=O) groups is 1. The molecule has 0 aliphatic heterocycles. The lowest BCUT2D eigenvalue weighted by Gasteiger charge is -2.31. The van der Waals surface area contributed by atoms with Crippen LogP contribution in [-0.4, -0.2) is 47.2 Å². The van der Waals surface area contributed by atoms with Crippen LogP contribution < -0.4 is 11.1 Å². The Morgan fingerprint density at radius 1 is 1.24 bits per heavy atom. The number of unbranched alkanes of at least 4 members (excludes halogenated alkanes) is 1. The second kappa shape index (κ2) is 8.38. The Morgan fingerprint density at radius 2 is 1.97 bits per heavy atom. The van der Waals surface area contributed by atoms with Gasteiger partial charge in [-0.15, -0.1) is 0 Å². The fraction of sp³-hybridized carbons (Fsp3) is 0.450. The molecule has 3 rings (SSSR count). The summed E-state index contributed by atoms with van der Waals surface area (Å²) in [6.45, 7) is 9.57. The third-order valence-corrected chi connectivity index (χ3v) is 6.47. The normalized spacial score (nSPS) is 11.9. The molecule has 2 aromatic heterocycles. The van der Waals surface area contributed by atoms with Gasteiger partial charge in [0.1, 0.15) is 11.3 Å². The van der Waals surface area contributed by atoms with Crippen molar-refractivity contribution in [3.8, 4) is 0 Å². The molecule has 29 heavy (non-hydrogen) atoms. The van der Waals surface area contributed by atoms with E-state index < -0.39 is 8.24 Å². The van der Waals surface area contributed by atoms with Gasteiger partial charge in [-0.2, -0.15) is 0 Å². The number of hydroxylamine groups is 1. The van der Waals surface area contributed by atoms with Crippen molar-refractivity contribution in [2.75, 3.05) is 19.4 Å². The molecule has 3 aromatic rings. The largest absolute Gasteiger partial charge is 0.382 e. The molecule has 0 aliphatic carbocycles. The van der Waals surface area contributed by atoms with E-state index in [-0.39, 0.29) is 6.03 Å².